The standard InChI is InChI=1S/C13H11ClN2O2/c1-18-12-6-9-5-8(3-2-4-15)13(17)16-11(9)7-10(12)14/h5-7H,2-3H2,1H3,(H,16,17). The molecular formula is C13H11ClN2O2. The smallest absolute Gasteiger partial charge is 0.251 e. The molecule has 0 aliphatic carbocycles. The number of fused-ring (bicyclic) bond motifs is 1. The van der Waals surface area contributed by atoms with E-state index in [1.165, 1.54) is 7.11 Å². The predicted octanol–water partition coefficient (Wildman–Crippen LogP) is 2.65. The van der Waals surface area contributed by atoms with Crippen LogP contribution in [0.4, 0.5) is 0 Å². The lowest BCUT2D eigenvalue weighted by molar-refractivity contribution is 0.415. The summed E-state index contributed by atoms with van der Waals surface area (Å²) in [7, 11) is 1.54. The van der Waals surface area contributed by atoms with Crippen molar-refractivity contribution in [2.75, 3.05) is 7.11 Å². The Labute approximate surface area is 109 Å². The number of halogens is 1. The number of nitrogens with one attached hydrogen (secondary N) is 1. The lowest BCUT2D eigenvalue weighted by Gasteiger charge is -2.06. The van der Waals surface area contributed by atoms with Crippen molar-refractivity contribution in [3.8, 4) is 11.8 Å². The summed E-state index contributed by atoms with van der Waals surface area (Å²) < 4.78 is 5.13. The van der Waals surface area contributed by atoms with Crippen LogP contribution in [0.5, 0.6) is 5.75 Å². The summed E-state index contributed by atoms with van der Waals surface area (Å²) >= 11 is 5.99. The summed E-state index contributed by atoms with van der Waals surface area (Å²) in [4.78, 5) is 14.5. The molecule has 0 spiro atoms. The highest BCUT2D eigenvalue weighted by molar-refractivity contribution is 6.32. The number of aromatic amines is 1. The van der Waals surface area contributed by atoms with Gasteiger partial charge in [-0.2, -0.15) is 5.26 Å². The van der Waals surface area contributed by atoms with Crippen molar-refractivity contribution in [1.29, 1.82) is 5.26 Å². The number of hydrogen-bond donors (Lipinski definition) is 1. The van der Waals surface area contributed by atoms with Crippen LogP contribution in [0.15, 0.2) is 23.0 Å². The van der Waals surface area contributed by atoms with E-state index in [0.29, 0.717) is 34.7 Å². The molecule has 0 fully saturated rings. The molecule has 0 amide bonds. The second-order valence-electron chi connectivity index (χ2n) is 3.86. The second-order valence-corrected chi connectivity index (χ2v) is 4.26. The first-order valence-electron chi connectivity index (χ1n) is 5.42. The van der Waals surface area contributed by atoms with E-state index in [1.54, 1.807) is 18.2 Å². The largest absolute Gasteiger partial charge is 0.495 e. The molecule has 0 unspecified atom stereocenters. The minimum atomic E-state index is -0.181. The molecule has 5 heteroatoms. The highest BCUT2D eigenvalue weighted by Gasteiger charge is 2.07. The van der Waals surface area contributed by atoms with E-state index in [0.717, 1.165) is 5.39 Å². The number of rotatable bonds is 3. The zero-order valence-electron chi connectivity index (χ0n) is 9.79. The Kier molecular flexibility index (Phi) is 3.54. The van der Waals surface area contributed by atoms with Crippen molar-refractivity contribution >= 4 is 22.5 Å². The zero-order chi connectivity index (χ0) is 13.1. The maximum atomic E-state index is 11.8. The fraction of sp³-hybridized carbons (Fsp3) is 0.231. The van der Waals surface area contributed by atoms with Crippen LogP contribution in [-0.4, -0.2) is 12.1 Å². The van der Waals surface area contributed by atoms with Crippen molar-refractivity contribution in [3.63, 3.8) is 0 Å². The number of aryl methyl sites for hydroxylation is 1. The minimum absolute atomic E-state index is 0.181. The number of ether oxygens (including phenoxy) is 1. The van der Waals surface area contributed by atoms with Gasteiger partial charge in [0, 0.05) is 17.4 Å². The molecule has 0 aliphatic rings. The number of H-pyrrole nitrogens is 1. The molecule has 92 valence electrons. The maximum Gasteiger partial charge on any atom is 0.251 e. The molecule has 0 radical (unpaired) electrons. The Morgan fingerprint density at radius 3 is 2.89 bits per heavy atom. The highest BCUT2D eigenvalue weighted by Crippen LogP contribution is 2.28. The van der Waals surface area contributed by atoms with Gasteiger partial charge in [-0.3, -0.25) is 4.79 Å². The minimum Gasteiger partial charge on any atom is -0.495 e. The van der Waals surface area contributed by atoms with E-state index < -0.39 is 0 Å². The molecule has 18 heavy (non-hydrogen) atoms. The van der Waals surface area contributed by atoms with E-state index in [-0.39, 0.29) is 5.56 Å². The number of hydrogen-bond acceptors (Lipinski definition) is 3. The normalized spacial score (nSPS) is 10.3. The van der Waals surface area contributed by atoms with E-state index in [9.17, 15) is 4.79 Å². The molecule has 1 heterocycles. The Balaban J connectivity index is 2.59. The molecule has 1 N–H and O–H groups in total. The van der Waals surface area contributed by atoms with Crippen molar-refractivity contribution in [2.45, 2.75) is 12.8 Å². The van der Waals surface area contributed by atoms with Gasteiger partial charge in [0.2, 0.25) is 0 Å². The molecule has 1 aromatic heterocycles. The van der Waals surface area contributed by atoms with Gasteiger partial charge in [-0.1, -0.05) is 11.6 Å². The van der Waals surface area contributed by atoms with Gasteiger partial charge < -0.3 is 9.72 Å². The average Bonchev–Trinajstić information content (AvgIpc) is 2.36. The molecule has 0 saturated heterocycles. The number of nitrogens with zero attached hydrogens (tertiary/aromatic N) is 1. The number of aromatic nitrogens is 1. The van der Waals surface area contributed by atoms with Crippen LogP contribution in [0.2, 0.25) is 5.02 Å². The number of pyridine rings is 1. The predicted molar refractivity (Wildman–Crippen MR) is 70.1 cm³/mol. The molecule has 0 aliphatic heterocycles. The number of benzene rings is 1. The molecular weight excluding hydrogens is 252 g/mol. The third kappa shape index (κ3) is 2.31. The van der Waals surface area contributed by atoms with Gasteiger partial charge >= 0.3 is 0 Å². The highest BCUT2D eigenvalue weighted by atomic mass is 35.5. The fourth-order valence-corrected chi connectivity index (χ4v) is 2.03. The first-order chi connectivity index (χ1) is 8.65. The Morgan fingerprint density at radius 1 is 1.44 bits per heavy atom. The summed E-state index contributed by atoms with van der Waals surface area (Å²) in [6, 6.07) is 7.22. The number of nitriles is 1. The van der Waals surface area contributed by atoms with Gasteiger partial charge in [0.05, 0.1) is 23.7 Å². The van der Waals surface area contributed by atoms with Crippen LogP contribution in [0, 0.1) is 11.3 Å². The van der Waals surface area contributed by atoms with Gasteiger partial charge in [-0.25, -0.2) is 0 Å². The Hall–Kier alpha value is -1.99. The molecule has 2 rings (SSSR count). The average molecular weight is 263 g/mol. The molecule has 0 bridgehead atoms. The molecule has 2 aromatic rings. The summed E-state index contributed by atoms with van der Waals surface area (Å²) in [5.74, 6) is 0.558. The lowest BCUT2D eigenvalue weighted by Crippen LogP contribution is -2.12. The van der Waals surface area contributed by atoms with Crippen LogP contribution < -0.4 is 10.3 Å². The van der Waals surface area contributed by atoms with Crippen molar-refractivity contribution < 1.29 is 4.74 Å². The quantitative estimate of drug-likeness (QED) is 0.925. The summed E-state index contributed by atoms with van der Waals surface area (Å²) in [5, 5.41) is 9.84. The lowest BCUT2D eigenvalue weighted by atomic mass is 10.1. The van der Waals surface area contributed by atoms with Crippen molar-refractivity contribution in [3.05, 3.63) is 39.1 Å². The summed E-state index contributed by atoms with van der Waals surface area (Å²) in [5.41, 5.74) is 1.07. The van der Waals surface area contributed by atoms with E-state index in [2.05, 4.69) is 4.98 Å². The topological polar surface area (TPSA) is 65.9 Å². The van der Waals surface area contributed by atoms with Gasteiger partial charge in [-0.15, -0.1) is 0 Å². The third-order valence-corrected chi connectivity index (χ3v) is 3.00. The van der Waals surface area contributed by atoms with Gasteiger partial charge in [0.15, 0.2) is 0 Å². The third-order valence-electron chi connectivity index (χ3n) is 2.70. The first-order valence-corrected chi connectivity index (χ1v) is 5.80. The Morgan fingerprint density at radius 2 is 2.22 bits per heavy atom. The number of methoxy groups -OCH3 is 1. The van der Waals surface area contributed by atoms with Crippen molar-refractivity contribution in [1.82, 2.24) is 4.98 Å². The van der Waals surface area contributed by atoms with Crippen LogP contribution >= 0.6 is 11.6 Å². The zero-order valence-corrected chi connectivity index (χ0v) is 10.5. The van der Waals surface area contributed by atoms with E-state index >= 15 is 0 Å². The molecule has 1 aromatic carbocycles. The van der Waals surface area contributed by atoms with Gasteiger partial charge in [0.25, 0.3) is 5.56 Å². The molecule has 0 atom stereocenters. The summed E-state index contributed by atoms with van der Waals surface area (Å²) in [6.45, 7) is 0. The first kappa shape index (κ1) is 12.5. The Bertz CT molecular complexity index is 686. The fourth-order valence-electron chi connectivity index (χ4n) is 1.79. The van der Waals surface area contributed by atoms with Crippen LogP contribution in [0.1, 0.15) is 12.0 Å². The second kappa shape index (κ2) is 5.11. The SMILES string of the molecule is COc1cc2cc(CCC#N)c(=O)[nH]c2cc1Cl. The van der Waals surface area contributed by atoms with Gasteiger partial charge in [0.1, 0.15) is 5.75 Å². The monoisotopic (exact) mass is 262 g/mol. The van der Waals surface area contributed by atoms with Gasteiger partial charge in [-0.05, 0) is 24.6 Å². The molecule has 0 saturated carbocycles. The van der Waals surface area contributed by atoms with E-state index in [4.69, 9.17) is 21.6 Å². The van der Waals surface area contributed by atoms with Crippen molar-refractivity contribution in [2.24, 2.45) is 0 Å². The van der Waals surface area contributed by atoms with E-state index in [1.807, 2.05) is 6.07 Å². The maximum absolute atomic E-state index is 11.8. The molecule has 4 nitrogen and oxygen atoms in total. The van der Waals surface area contributed by atoms with Crippen LogP contribution in [0.25, 0.3) is 10.9 Å². The van der Waals surface area contributed by atoms with Crippen LogP contribution in [-0.2, 0) is 6.42 Å². The summed E-state index contributed by atoms with van der Waals surface area (Å²) in [6.07, 6.45) is 0.756. The van der Waals surface area contributed by atoms with Crippen LogP contribution in [0.3, 0.4) is 0 Å².